The Hall–Kier alpha value is -4.93. The second kappa shape index (κ2) is 12.4. The molecular formula is C34H26N2O6S2. The first-order valence-corrected chi connectivity index (χ1v) is 15.8. The number of benzene rings is 3. The molecule has 0 saturated carbocycles. The highest BCUT2D eigenvalue weighted by molar-refractivity contribution is 7.98. The number of carboxylic acid groups (broad SMARTS) is 1. The number of aromatic carboxylic acids is 1. The highest BCUT2D eigenvalue weighted by atomic mass is 32.2. The molecule has 5 aromatic rings. The van der Waals surface area contributed by atoms with Crippen molar-refractivity contribution < 1.29 is 23.8 Å². The molecule has 0 radical (unpaired) electrons. The van der Waals surface area contributed by atoms with Crippen molar-refractivity contribution in [1.29, 1.82) is 0 Å². The van der Waals surface area contributed by atoms with Gasteiger partial charge in [-0.1, -0.05) is 65.9 Å². The van der Waals surface area contributed by atoms with Gasteiger partial charge < -0.3 is 14.3 Å². The SMILES string of the molecule is CCOC(=O)C1=C(c2ccccc2)N=c2s/c(=C\c3ccc(-c4cccc(C(=O)O)c4)o3)c(=O)n2[C@H]1c1ccc(SC)cc1. The minimum absolute atomic E-state index is 0.144. The molecule has 44 heavy (non-hydrogen) atoms. The molecule has 1 aliphatic heterocycles. The molecule has 8 nitrogen and oxygen atoms in total. The Morgan fingerprint density at radius 2 is 1.77 bits per heavy atom. The highest BCUT2D eigenvalue weighted by Gasteiger charge is 2.35. The Kier molecular flexibility index (Phi) is 8.19. The van der Waals surface area contributed by atoms with Crippen LogP contribution in [0.2, 0.25) is 0 Å². The van der Waals surface area contributed by atoms with Crippen molar-refractivity contribution in [3.8, 4) is 11.3 Å². The summed E-state index contributed by atoms with van der Waals surface area (Å²) < 4.78 is 13.4. The van der Waals surface area contributed by atoms with E-state index >= 15 is 0 Å². The van der Waals surface area contributed by atoms with E-state index in [1.54, 1.807) is 53.6 Å². The molecule has 3 aromatic carbocycles. The van der Waals surface area contributed by atoms with Crippen molar-refractivity contribution in [3.63, 3.8) is 0 Å². The summed E-state index contributed by atoms with van der Waals surface area (Å²) in [4.78, 5) is 45.5. The van der Waals surface area contributed by atoms with E-state index in [9.17, 15) is 19.5 Å². The van der Waals surface area contributed by atoms with Crippen LogP contribution in [0.1, 0.15) is 40.2 Å². The van der Waals surface area contributed by atoms with E-state index in [1.807, 2.05) is 60.9 Å². The molecule has 0 amide bonds. The van der Waals surface area contributed by atoms with Crippen LogP contribution in [-0.4, -0.2) is 34.5 Å². The van der Waals surface area contributed by atoms with Crippen LogP contribution in [0.4, 0.5) is 0 Å². The number of rotatable bonds is 8. The fourth-order valence-corrected chi connectivity index (χ4v) is 6.45. The standard InChI is InChI=1S/C34H26N2O6S2/c1-3-41-33(40)28-29(20-8-5-4-6-9-20)35-34-36(30(28)21-12-15-25(43-2)16-13-21)31(37)27(44-34)19-24-14-17-26(42-24)22-10-7-11-23(18-22)32(38)39/h4-19,30H,3H2,1-2H3,(H,38,39)/b27-19-/t30-/m0/s1. The van der Waals surface area contributed by atoms with Gasteiger partial charge in [-0.3, -0.25) is 9.36 Å². The van der Waals surface area contributed by atoms with Crippen LogP contribution in [0.5, 0.6) is 0 Å². The topological polar surface area (TPSA) is 111 Å². The number of furan rings is 1. The summed E-state index contributed by atoms with van der Waals surface area (Å²) in [5.74, 6) is -0.688. The van der Waals surface area contributed by atoms with Gasteiger partial charge in [-0.25, -0.2) is 14.6 Å². The number of hydrogen-bond donors (Lipinski definition) is 1. The summed E-state index contributed by atoms with van der Waals surface area (Å²) >= 11 is 2.80. The lowest BCUT2D eigenvalue weighted by Crippen LogP contribution is -2.40. The number of fused-ring (bicyclic) bond motifs is 1. The van der Waals surface area contributed by atoms with Crippen LogP contribution in [0.25, 0.3) is 23.1 Å². The maximum atomic E-state index is 14.1. The zero-order valence-electron chi connectivity index (χ0n) is 23.7. The molecule has 1 N–H and O–H groups in total. The number of ether oxygens (including phenoxy) is 1. The predicted octanol–water partition coefficient (Wildman–Crippen LogP) is 5.62. The summed E-state index contributed by atoms with van der Waals surface area (Å²) in [6, 6.07) is 26.3. The first kappa shape index (κ1) is 29.2. The van der Waals surface area contributed by atoms with Crippen molar-refractivity contribution >= 4 is 46.8 Å². The average Bonchev–Trinajstić information content (AvgIpc) is 3.65. The average molecular weight is 623 g/mol. The number of carbonyl (C=O) groups excluding carboxylic acids is 1. The number of esters is 1. The van der Waals surface area contributed by atoms with Crippen LogP contribution < -0.4 is 14.9 Å². The molecule has 220 valence electrons. The number of thiazole rings is 1. The number of hydrogen-bond acceptors (Lipinski definition) is 8. The lowest BCUT2D eigenvalue weighted by Gasteiger charge is -2.26. The maximum Gasteiger partial charge on any atom is 0.338 e. The zero-order chi connectivity index (χ0) is 30.8. The van der Waals surface area contributed by atoms with Gasteiger partial charge >= 0.3 is 11.9 Å². The molecule has 0 bridgehead atoms. The van der Waals surface area contributed by atoms with Gasteiger partial charge in [-0.15, -0.1) is 11.8 Å². The lowest BCUT2D eigenvalue weighted by atomic mass is 9.93. The number of carboxylic acids is 1. The molecule has 0 saturated heterocycles. The predicted molar refractivity (Wildman–Crippen MR) is 170 cm³/mol. The number of aromatic nitrogens is 1. The monoisotopic (exact) mass is 622 g/mol. The summed E-state index contributed by atoms with van der Waals surface area (Å²) in [6.07, 6.45) is 3.62. The molecule has 0 spiro atoms. The molecular weight excluding hydrogens is 597 g/mol. The minimum Gasteiger partial charge on any atom is -0.478 e. The highest BCUT2D eigenvalue weighted by Crippen LogP contribution is 2.35. The van der Waals surface area contributed by atoms with Gasteiger partial charge in [-0.05, 0) is 55.1 Å². The van der Waals surface area contributed by atoms with Crippen molar-refractivity contribution in [2.24, 2.45) is 4.99 Å². The quantitative estimate of drug-likeness (QED) is 0.177. The Bertz CT molecular complexity index is 2090. The van der Waals surface area contributed by atoms with Gasteiger partial charge in [0.2, 0.25) is 0 Å². The normalized spacial score (nSPS) is 14.7. The smallest absolute Gasteiger partial charge is 0.338 e. The fraction of sp³-hybridized carbons (Fsp3) is 0.118. The van der Waals surface area contributed by atoms with Gasteiger partial charge in [0.05, 0.1) is 34.0 Å². The van der Waals surface area contributed by atoms with Crippen LogP contribution in [-0.2, 0) is 9.53 Å². The first-order chi connectivity index (χ1) is 21.4. The van der Waals surface area contributed by atoms with E-state index in [-0.39, 0.29) is 23.3 Å². The van der Waals surface area contributed by atoms with E-state index in [1.165, 1.54) is 23.5 Å². The van der Waals surface area contributed by atoms with E-state index < -0.39 is 18.0 Å². The maximum absolute atomic E-state index is 14.1. The summed E-state index contributed by atoms with van der Waals surface area (Å²) in [6.45, 7) is 1.91. The van der Waals surface area contributed by atoms with Gasteiger partial charge in [-0.2, -0.15) is 0 Å². The van der Waals surface area contributed by atoms with Gasteiger partial charge in [0, 0.05) is 22.1 Å². The molecule has 0 unspecified atom stereocenters. The number of nitrogens with zero attached hydrogens (tertiary/aromatic N) is 2. The van der Waals surface area contributed by atoms with Crippen molar-refractivity contribution in [2.75, 3.05) is 12.9 Å². The number of thioether (sulfide) groups is 1. The van der Waals surface area contributed by atoms with Gasteiger partial charge in [0.25, 0.3) is 5.56 Å². The third kappa shape index (κ3) is 5.57. The Morgan fingerprint density at radius 1 is 1.02 bits per heavy atom. The lowest BCUT2D eigenvalue weighted by molar-refractivity contribution is -0.138. The Labute approximate surface area is 260 Å². The minimum atomic E-state index is -1.03. The van der Waals surface area contributed by atoms with Crippen molar-refractivity contribution in [1.82, 2.24) is 4.57 Å². The third-order valence-electron chi connectivity index (χ3n) is 7.10. The fourth-order valence-electron chi connectivity index (χ4n) is 5.06. The van der Waals surface area contributed by atoms with Crippen LogP contribution in [0, 0.1) is 0 Å². The van der Waals surface area contributed by atoms with Crippen molar-refractivity contribution in [2.45, 2.75) is 17.9 Å². The van der Waals surface area contributed by atoms with Crippen LogP contribution in [0.3, 0.4) is 0 Å². The largest absolute Gasteiger partial charge is 0.478 e. The molecule has 1 atom stereocenters. The molecule has 6 rings (SSSR count). The third-order valence-corrected chi connectivity index (χ3v) is 8.83. The van der Waals surface area contributed by atoms with Gasteiger partial charge in [0.1, 0.15) is 11.5 Å². The molecule has 2 aromatic heterocycles. The second-order valence-corrected chi connectivity index (χ2v) is 11.7. The second-order valence-electron chi connectivity index (χ2n) is 9.79. The molecule has 3 heterocycles. The summed E-state index contributed by atoms with van der Waals surface area (Å²) in [5.41, 5.74) is 2.64. The molecule has 0 aliphatic carbocycles. The Morgan fingerprint density at radius 3 is 2.48 bits per heavy atom. The van der Waals surface area contributed by atoms with E-state index in [2.05, 4.69) is 0 Å². The van der Waals surface area contributed by atoms with E-state index in [0.29, 0.717) is 32.1 Å². The van der Waals surface area contributed by atoms with E-state index in [4.69, 9.17) is 14.1 Å². The molecule has 1 aliphatic rings. The van der Waals surface area contributed by atoms with Gasteiger partial charge in [0.15, 0.2) is 4.80 Å². The summed E-state index contributed by atoms with van der Waals surface area (Å²) in [7, 11) is 0. The Balaban J connectivity index is 1.53. The van der Waals surface area contributed by atoms with E-state index in [0.717, 1.165) is 16.0 Å². The zero-order valence-corrected chi connectivity index (χ0v) is 25.4. The molecule has 10 heteroatoms. The number of carbonyl (C=O) groups is 2. The van der Waals surface area contributed by atoms with Crippen molar-refractivity contribution in [3.05, 3.63) is 139 Å². The first-order valence-electron chi connectivity index (χ1n) is 13.7. The molecule has 0 fully saturated rings. The van der Waals surface area contributed by atoms with Crippen LogP contribution in [0.15, 0.2) is 116 Å². The van der Waals surface area contributed by atoms with Crippen LogP contribution >= 0.6 is 23.1 Å². The summed E-state index contributed by atoms with van der Waals surface area (Å²) in [5, 5.41) is 9.36.